The lowest BCUT2D eigenvalue weighted by molar-refractivity contribution is -0.149. The minimum absolute atomic E-state index is 0.00180. The number of nitrogens with zero attached hydrogens (tertiary/aromatic N) is 1. The van der Waals surface area contributed by atoms with Crippen LogP contribution in [0.3, 0.4) is 0 Å². The Labute approximate surface area is 104 Å². The molecule has 16 heavy (non-hydrogen) atoms. The predicted molar refractivity (Wildman–Crippen MR) is 64.4 cm³/mol. The van der Waals surface area contributed by atoms with E-state index in [0.717, 1.165) is 19.3 Å². The van der Waals surface area contributed by atoms with E-state index in [1.807, 2.05) is 6.92 Å². The first-order valence-corrected chi connectivity index (χ1v) is 6.61. The highest BCUT2D eigenvalue weighted by atomic mass is 79.9. The molecule has 1 saturated carbocycles. The maximum Gasteiger partial charge on any atom is 0.325 e. The predicted octanol–water partition coefficient (Wildman–Crippen LogP) is 1.71. The summed E-state index contributed by atoms with van der Waals surface area (Å²) < 4.78 is 4.87. The molecule has 0 aromatic carbocycles. The van der Waals surface area contributed by atoms with Gasteiger partial charge in [-0.25, -0.2) is 0 Å². The standard InChI is InChI=1S/C11H18BrNO3/c1-3-9(12)11(15)13(8-5-6-8)7-10(14)16-4-2/h8-9H,3-7H2,1-2H3. The molecule has 1 atom stereocenters. The third-order valence-electron chi connectivity index (χ3n) is 2.50. The van der Waals surface area contributed by atoms with Crippen molar-refractivity contribution in [3.8, 4) is 0 Å². The summed E-state index contributed by atoms with van der Waals surface area (Å²) in [7, 11) is 0. The van der Waals surface area contributed by atoms with E-state index in [9.17, 15) is 9.59 Å². The summed E-state index contributed by atoms with van der Waals surface area (Å²) >= 11 is 3.32. The van der Waals surface area contributed by atoms with Crippen molar-refractivity contribution in [1.29, 1.82) is 0 Å². The number of ether oxygens (including phenoxy) is 1. The minimum atomic E-state index is -0.321. The van der Waals surface area contributed by atoms with Crippen molar-refractivity contribution in [1.82, 2.24) is 4.90 Å². The van der Waals surface area contributed by atoms with Gasteiger partial charge in [0, 0.05) is 6.04 Å². The summed E-state index contributed by atoms with van der Waals surface area (Å²) in [4.78, 5) is 24.8. The summed E-state index contributed by atoms with van der Waals surface area (Å²) in [5, 5.41) is 0. The van der Waals surface area contributed by atoms with Gasteiger partial charge in [-0.05, 0) is 26.2 Å². The Kier molecular flexibility index (Phi) is 5.25. The van der Waals surface area contributed by atoms with Crippen LogP contribution in [0.2, 0.25) is 0 Å². The maximum absolute atomic E-state index is 12.0. The van der Waals surface area contributed by atoms with Crippen molar-refractivity contribution in [3.63, 3.8) is 0 Å². The third-order valence-corrected chi connectivity index (χ3v) is 3.54. The van der Waals surface area contributed by atoms with Crippen LogP contribution in [0.5, 0.6) is 0 Å². The Morgan fingerprint density at radius 3 is 2.50 bits per heavy atom. The number of esters is 1. The topological polar surface area (TPSA) is 46.6 Å². The van der Waals surface area contributed by atoms with Gasteiger partial charge in [-0.3, -0.25) is 9.59 Å². The fourth-order valence-corrected chi connectivity index (χ4v) is 1.74. The lowest BCUT2D eigenvalue weighted by atomic mass is 10.3. The zero-order chi connectivity index (χ0) is 12.1. The Morgan fingerprint density at radius 1 is 1.44 bits per heavy atom. The van der Waals surface area contributed by atoms with E-state index in [-0.39, 0.29) is 29.3 Å². The van der Waals surface area contributed by atoms with Crippen LogP contribution in [0.25, 0.3) is 0 Å². The minimum Gasteiger partial charge on any atom is -0.465 e. The van der Waals surface area contributed by atoms with Crippen molar-refractivity contribution in [2.75, 3.05) is 13.2 Å². The van der Waals surface area contributed by atoms with Crippen molar-refractivity contribution >= 4 is 27.8 Å². The molecule has 0 bridgehead atoms. The van der Waals surface area contributed by atoms with E-state index in [0.29, 0.717) is 6.61 Å². The van der Waals surface area contributed by atoms with Crippen molar-refractivity contribution in [3.05, 3.63) is 0 Å². The van der Waals surface area contributed by atoms with Gasteiger partial charge < -0.3 is 9.64 Å². The highest BCUT2D eigenvalue weighted by molar-refractivity contribution is 9.10. The lowest BCUT2D eigenvalue weighted by Gasteiger charge is -2.23. The fraction of sp³-hybridized carbons (Fsp3) is 0.818. The second-order valence-corrected chi connectivity index (χ2v) is 4.98. The van der Waals surface area contributed by atoms with E-state index >= 15 is 0 Å². The first-order valence-electron chi connectivity index (χ1n) is 5.70. The highest BCUT2D eigenvalue weighted by Gasteiger charge is 2.35. The molecule has 0 heterocycles. The molecule has 1 aliphatic rings. The van der Waals surface area contributed by atoms with Gasteiger partial charge in [0.2, 0.25) is 5.91 Å². The molecular weight excluding hydrogens is 274 g/mol. The zero-order valence-corrected chi connectivity index (χ0v) is 11.3. The second kappa shape index (κ2) is 6.23. The molecule has 0 saturated heterocycles. The van der Waals surface area contributed by atoms with Gasteiger partial charge in [0.15, 0.2) is 0 Å². The normalized spacial score (nSPS) is 16.7. The van der Waals surface area contributed by atoms with Crippen LogP contribution in [0.1, 0.15) is 33.1 Å². The molecule has 1 rings (SSSR count). The van der Waals surface area contributed by atoms with Crippen LogP contribution < -0.4 is 0 Å². The van der Waals surface area contributed by atoms with Crippen molar-refractivity contribution in [2.24, 2.45) is 0 Å². The van der Waals surface area contributed by atoms with Gasteiger partial charge >= 0.3 is 5.97 Å². The molecule has 0 radical (unpaired) electrons. The average Bonchev–Trinajstić information content (AvgIpc) is 3.08. The second-order valence-electron chi connectivity index (χ2n) is 3.88. The lowest BCUT2D eigenvalue weighted by Crippen LogP contribution is -2.42. The quantitative estimate of drug-likeness (QED) is 0.553. The Morgan fingerprint density at radius 2 is 2.06 bits per heavy atom. The molecular formula is C11H18BrNO3. The third kappa shape index (κ3) is 3.77. The monoisotopic (exact) mass is 291 g/mol. The van der Waals surface area contributed by atoms with Crippen molar-refractivity contribution in [2.45, 2.75) is 44.0 Å². The van der Waals surface area contributed by atoms with Crippen molar-refractivity contribution < 1.29 is 14.3 Å². The van der Waals surface area contributed by atoms with Crippen LogP contribution >= 0.6 is 15.9 Å². The number of carbonyl (C=O) groups excluding carboxylic acids is 2. The molecule has 5 heteroatoms. The zero-order valence-electron chi connectivity index (χ0n) is 9.74. The average molecular weight is 292 g/mol. The summed E-state index contributed by atoms with van der Waals surface area (Å²) in [6.45, 7) is 4.14. The highest BCUT2D eigenvalue weighted by Crippen LogP contribution is 2.28. The molecule has 4 nitrogen and oxygen atoms in total. The SMILES string of the molecule is CCOC(=O)CN(C(=O)C(Br)CC)C1CC1. The summed E-state index contributed by atoms with van der Waals surface area (Å²) in [6.07, 6.45) is 2.72. The molecule has 1 unspecified atom stereocenters. The van der Waals surface area contributed by atoms with E-state index in [4.69, 9.17) is 4.74 Å². The Balaban J connectivity index is 2.53. The van der Waals surface area contributed by atoms with E-state index in [1.165, 1.54) is 0 Å². The molecule has 0 spiro atoms. The molecule has 0 N–H and O–H groups in total. The number of hydrogen-bond acceptors (Lipinski definition) is 3. The number of halogens is 1. The molecule has 1 fully saturated rings. The number of amides is 1. The first-order chi connectivity index (χ1) is 7.60. The molecule has 0 aliphatic heterocycles. The number of hydrogen-bond donors (Lipinski definition) is 0. The van der Waals surface area contributed by atoms with Crippen LogP contribution in [-0.4, -0.2) is 40.8 Å². The van der Waals surface area contributed by atoms with Crippen LogP contribution in [0.4, 0.5) is 0 Å². The summed E-state index contributed by atoms with van der Waals surface area (Å²) in [5.41, 5.74) is 0. The fourth-order valence-electron chi connectivity index (χ4n) is 1.47. The number of rotatable bonds is 6. The molecule has 1 amide bonds. The van der Waals surface area contributed by atoms with E-state index in [2.05, 4.69) is 15.9 Å². The van der Waals surface area contributed by atoms with Gasteiger partial charge in [0.1, 0.15) is 6.54 Å². The summed E-state index contributed by atoms with van der Waals surface area (Å²) in [6, 6.07) is 0.239. The van der Waals surface area contributed by atoms with Gasteiger partial charge in [-0.15, -0.1) is 0 Å². The first kappa shape index (κ1) is 13.5. The van der Waals surface area contributed by atoms with E-state index in [1.54, 1.807) is 11.8 Å². The van der Waals surface area contributed by atoms with Crippen LogP contribution in [0, 0.1) is 0 Å². The summed E-state index contributed by atoms with van der Waals surface area (Å²) in [5.74, 6) is -0.323. The smallest absolute Gasteiger partial charge is 0.325 e. The van der Waals surface area contributed by atoms with E-state index < -0.39 is 0 Å². The van der Waals surface area contributed by atoms with Gasteiger partial charge in [0.25, 0.3) is 0 Å². The Bertz CT molecular complexity index is 266. The maximum atomic E-state index is 12.0. The Hall–Kier alpha value is -0.580. The van der Waals surface area contributed by atoms with Gasteiger partial charge in [-0.1, -0.05) is 22.9 Å². The van der Waals surface area contributed by atoms with Crippen LogP contribution in [-0.2, 0) is 14.3 Å². The molecule has 0 aromatic heterocycles. The number of alkyl halides is 1. The van der Waals surface area contributed by atoms with Gasteiger partial charge in [-0.2, -0.15) is 0 Å². The molecule has 0 aromatic rings. The molecule has 92 valence electrons. The van der Waals surface area contributed by atoms with Gasteiger partial charge in [0.05, 0.1) is 11.4 Å². The number of carbonyl (C=O) groups is 2. The molecule has 1 aliphatic carbocycles. The largest absolute Gasteiger partial charge is 0.465 e. The van der Waals surface area contributed by atoms with Crippen LogP contribution in [0.15, 0.2) is 0 Å².